The minimum Gasteiger partial charge on any atom is -0.493 e. The minimum absolute atomic E-state index is 0.206. The molecule has 1 heterocycles. The summed E-state index contributed by atoms with van der Waals surface area (Å²) >= 11 is 2.13. The molecule has 1 fully saturated rings. The van der Waals surface area contributed by atoms with Gasteiger partial charge in [0.05, 0.1) is 17.3 Å². The molecule has 1 aliphatic heterocycles. The molecule has 0 bridgehead atoms. The van der Waals surface area contributed by atoms with Crippen LogP contribution in [0.2, 0.25) is 0 Å². The molecule has 106 valence electrons. The number of rotatable bonds is 4. The molecule has 0 atom stereocenters. The molecule has 2 N–H and O–H groups in total. The Hall–Kier alpha value is -1.77. The first kappa shape index (κ1) is 14.6. The van der Waals surface area contributed by atoms with Gasteiger partial charge in [-0.3, -0.25) is 10.1 Å². The number of ether oxygens (including phenoxy) is 2. The zero-order valence-electron chi connectivity index (χ0n) is 11.0. The zero-order chi connectivity index (χ0) is 14.7. The van der Waals surface area contributed by atoms with Gasteiger partial charge in [-0.25, -0.2) is 4.79 Å². The molecule has 0 radical (unpaired) electrons. The van der Waals surface area contributed by atoms with Crippen molar-refractivity contribution >= 4 is 40.6 Å². The quantitative estimate of drug-likeness (QED) is 0.469. The van der Waals surface area contributed by atoms with Crippen LogP contribution in [0, 0.1) is 3.57 Å². The summed E-state index contributed by atoms with van der Waals surface area (Å²) in [5.74, 6) is 0.797. The van der Waals surface area contributed by atoms with Gasteiger partial charge >= 0.3 is 6.03 Å². The van der Waals surface area contributed by atoms with E-state index in [0.717, 1.165) is 9.13 Å². The zero-order valence-corrected chi connectivity index (χ0v) is 13.1. The van der Waals surface area contributed by atoms with E-state index >= 15 is 0 Å². The summed E-state index contributed by atoms with van der Waals surface area (Å²) in [6.45, 7) is 2.43. The van der Waals surface area contributed by atoms with E-state index in [1.807, 2.05) is 13.0 Å². The molecule has 20 heavy (non-hydrogen) atoms. The van der Waals surface area contributed by atoms with Crippen molar-refractivity contribution in [3.05, 3.63) is 27.0 Å². The van der Waals surface area contributed by atoms with Gasteiger partial charge in [0.25, 0.3) is 5.91 Å². The highest BCUT2D eigenvalue weighted by molar-refractivity contribution is 14.1. The molecule has 3 amide bonds. The number of hydrogen-bond donors (Lipinski definition) is 2. The lowest BCUT2D eigenvalue weighted by atomic mass is 10.1. The number of hydrogen-bond acceptors (Lipinski definition) is 4. The second-order valence-electron chi connectivity index (χ2n) is 3.93. The fraction of sp³-hybridized carbons (Fsp3) is 0.231. The first-order chi connectivity index (χ1) is 9.55. The second kappa shape index (κ2) is 6.12. The van der Waals surface area contributed by atoms with Gasteiger partial charge < -0.3 is 14.8 Å². The molecule has 1 aliphatic rings. The number of halogens is 1. The molecule has 0 aromatic heterocycles. The minimum atomic E-state index is -0.520. The van der Waals surface area contributed by atoms with E-state index in [0.29, 0.717) is 18.1 Å². The maximum absolute atomic E-state index is 11.5. The topological polar surface area (TPSA) is 76.7 Å². The Bertz CT molecular complexity index is 598. The molecule has 7 heteroatoms. The van der Waals surface area contributed by atoms with Gasteiger partial charge in [0.15, 0.2) is 11.5 Å². The summed E-state index contributed by atoms with van der Waals surface area (Å²) in [4.78, 5) is 22.5. The van der Waals surface area contributed by atoms with E-state index in [1.165, 1.54) is 0 Å². The Labute approximate surface area is 129 Å². The third kappa shape index (κ3) is 3.03. The van der Waals surface area contributed by atoms with Crippen molar-refractivity contribution in [2.24, 2.45) is 0 Å². The fourth-order valence-electron chi connectivity index (χ4n) is 1.76. The number of carbonyl (C=O) groups is 2. The highest BCUT2D eigenvalue weighted by Crippen LogP contribution is 2.34. The van der Waals surface area contributed by atoms with Crippen LogP contribution in [0.1, 0.15) is 12.5 Å². The van der Waals surface area contributed by atoms with Gasteiger partial charge in [0, 0.05) is 0 Å². The van der Waals surface area contributed by atoms with Gasteiger partial charge in [-0.1, -0.05) is 0 Å². The lowest BCUT2D eigenvalue weighted by Crippen LogP contribution is -2.22. The fourth-order valence-corrected chi connectivity index (χ4v) is 2.54. The smallest absolute Gasteiger partial charge is 0.326 e. The molecular weight excluding hydrogens is 375 g/mol. The molecule has 2 rings (SSSR count). The molecular formula is C13H13IN2O4. The van der Waals surface area contributed by atoms with E-state index in [4.69, 9.17) is 9.47 Å². The van der Waals surface area contributed by atoms with Crippen molar-refractivity contribution in [1.29, 1.82) is 0 Å². The van der Waals surface area contributed by atoms with Crippen LogP contribution in [0.15, 0.2) is 17.8 Å². The maximum atomic E-state index is 11.5. The molecule has 0 spiro atoms. The van der Waals surface area contributed by atoms with Crippen molar-refractivity contribution in [2.45, 2.75) is 6.92 Å². The standard InChI is InChI=1S/C13H13IN2O4/c1-3-20-11-8(14)4-7(6-10(11)19-2)5-9-12(17)16-13(18)15-9/h4-6H,3H2,1-2H3,(H2,15,16,17,18)/b9-5+. The summed E-state index contributed by atoms with van der Waals surface area (Å²) in [5, 5.41) is 4.58. The molecule has 1 saturated heterocycles. The third-order valence-corrected chi connectivity index (χ3v) is 3.37. The van der Waals surface area contributed by atoms with E-state index in [9.17, 15) is 9.59 Å². The normalized spacial score (nSPS) is 16.1. The van der Waals surface area contributed by atoms with Crippen LogP contribution in [0.5, 0.6) is 11.5 Å². The highest BCUT2D eigenvalue weighted by Gasteiger charge is 2.23. The van der Waals surface area contributed by atoms with Crippen molar-refractivity contribution in [2.75, 3.05) is 13.7 Å². The second-order valence-corrected chi connectivity index (χ2v) is 5.10. The SMILES string of the molecule is CCOc1c(I)cc(/C=C2/NC(=O)NC2=O)cc1OC. The van der Waals surface area contributed by atoms with Crippen molar-refractivity contribution < 1.29 is 19.1 Å². The maximum Gasteiger partial charge on any atom is 0.326 e. The summed E-state index contributed by atoms with van der Waals surface area (Å²) in [6, 6.07) is 3.07. The third-order valence-electron chi connectivity index (χ3n) is 2.57. The Morgan fingerprint density at radius 3 is 2.60 bits per heavy atom. The first-order valence-electron chi connectivity index (χ1n) is 5.89. The molecule has 1 aromatic carbocycles. The largest absolute Gasteiger partial charge is 0.493 e. The number of carbonyl (C=O) groups excluding carboxylic acids is 2. The summed E-state index contributed by atoms with van der Waals surface area (Å²) in [5.41, 5.74) is 0.944. The van der Waals surface area contributed by atoms with Crippen LogP contribution >= 0.6 is 22.6 Å². The lowest BCUT2D eigenvalue weighted by Gasteiger charge is -2.12. The van der Waals surface area contributed by atoms with E-state index in [2.05, 4.69) is 33.2 Å². The van der Waals surface area contributed by atoms with Crippen LogP contribution in [0.25, 0.3) is 6.08 Å². The van der Waals surface area contributed by atoms with Gasteiger partial charge in [-0.15, -0.1) is 0 Å². The Morgan fingerprint density at radius 2 is 2.05 bits per heavy atom. The monoisotopic (exact) mass is 388 g/mol. The molecule has 6 nitrogen and oxygen atoms in total. The molecule has 0 aliphatic carbocycles. The summed E-state index contributed by atoms with van der Waals surface area (Å²) in [6.07, 6.45) is 1.58. The van der Waals surface area contributed by atoms with Crippen LogP contribution in [0.4, 0.5) is 4.79 Å². The summed E-state index contributed by atoms with van der Waals surface area (Å²) in [7, 11) is 1.55. The molecule has 1 aromatic rings. The van der Waals surface area contributed by atoms with Gasteiger partial charge in [-0.2, -0.15) is 0 Å². The van der Waals surface area contributed by atoms with Gasteiger partial charge in [-0.05, 0) is 53.3 Å². The Kier molecular flexibility index (Phi) is 4.48. The van der Waals surface area contributed by atoms with Crippen molar-refractivity contribution in [1.82, 2.24) is 10.6 Å². The average Bonchev–Trinajstić information content (AvgIpc) is 2.70. The van der Waals surface area contributed by atoms with E-state index < -0.39 is 11.9 Å². The lowest BCUT2D eigenvalue weighted by molar-refractivity contribution is -0.115. The molecule has 0 unspecified atom stereocenters. The highest BCUT2D eigenvalue weighted by atomic mass is 127. The number of benzene rings is 1. The van der Waals surface area contributed by atoms with Crippen molar-refractivity contribution in [3.63, 3.8) is 0 Å². The first-order valence-corrected chi connectivity index (χ1v) is 6.97. The van der Waals surface area contributed by atoms with Gasteiger partial charge in [0.2, 0.25) is 0 Å². The Balaban J connectivity index is 2.39. The number of nitrogens with one attached hydrogen (secondary N) is 2. The van der Waals surface area contributed by atoms with Crippen LogP contribution in [-0.4, -0.2) is 25.7 Å². The van der Waals surface area contributed by atoms with Crippen molar-refractivity contribution in [3.8, 4) is 11.5 Å². The predicted octanol–water partition coefficient (Wildman–Crippen LogP) is 1.88. The number of urea groups is 1. The number of amides is 3. The number of imide groups is 1. The number of methoxy groups -OCH3 is 1. The van der Waals surface area contributed by atoms with Gasteiger partial charge in [0.1, 0.15) is 5.70 Å². The Morgan fingerprint density at radius 1 is 1.30 bits per heavy atom. The van der Waals surface area contributed by atoms with E-state index in [1.54, 1.807) is 19.3 Å². The molecule has 0 saturated carbocycles. The van der Waals surface area contributed by atoms with Crippen LogP contribution in [0.3, 0.4) is 0 Å². The summed E-state index contributed by atoms with van der Waals surface area (Å²) < 4.78 is 11.7. The van der Waals surface area contributed by atoms with Crippen LogP contribution in [-0.2, 0) is 4.79 Å². The average molecular weight is 388 g/mol. The predicted molar refractivity (Wildman–Crippen MR) is 81.5 cm³/mol. The van der Waals surface area contributed by atoms with Crippen LogP contribution < -0.4 is 20.1 Å². The van der Waals surface area contributed by atoms with E-state index in [-0.39, 0.29) is 5.70 Å².